The summed E-state index contributed by atoms with van der Waals surface area (Å²) in [4.78, 5) is 2.16. The van der Waals surface area contributed by atoms with E-state index in [0.717, 1.165) is 19.2 Å². The fraction of sp³-hybridized carbons (Fsp3) is 0.538. The van der Waals surface area contributed by atoms with Crippen molar-refractivity contribution in [3.05, 3.63) is 35.4 Å². The highest BCUT2D eigenvalue weighted by molar-refractivity contribution is 5.18. The van der Waals surface area contributed by atoms with Crippen LogP contribution >= 0.6 is 0 Å². The summed E-state index contributed by atoms with van der Waals surface area (Å²) in [5.74, 6) is -0.706. The van der Waals surface area contributed by atoms with Crippen LogP contribution in [0.3, 0.4) is 0 Å². The first-order valence-electron chi connectivity index (χ1n) is 5.97. The molecular weight excluding hydrogens is 222 g/mol. The Labute approximate surface area is 101 Å². The van der Waals surface area contributed by atoms with Crippen molar-refractivity contribution in [2.75, 3.05) is 13.1 Å². The van der Waals surface area contributed by atoms with Crippen LogP contribution < -0.4 is 5.32 Å². The Morgan fingerprint density at radius 3 is 2.53 bits per heavy atom. The van der Waals surface area contributed by atoms with Gasteiger partial charge >= 0.3 is 0 Å². The predicted octanol–water partition coefficient (Wildman–Crippen LogP) is 2.15. The zero-order chi connectivity index (χ0) is 12.4. The summed E-state index contributed by atoms with van der Waals surface area (Å²) < 4.78 is 26.6. The van der Waals surface area contributed by atoms with Gasteiger partial charge in [-0.25, -0.2) is 8.78 Å². The van der Waals surface area contributed by atoms with Gasteiger partial charge in [-0.3, -0.25) is 4.90 Å². The minimum absolute atomic E-state index is 0.328. The Morgan fingerprint density at radius 1 is 1.24 bits per heavy atom. The van der Waals surface area contributed by atoms with Crippen LogP contribution in [0.4, 0.5) is 8.78 Å². The molecule has 1 aliphatic heterocycles. The number of halogens is 2. The summed E-state index contributed by atoms with van der Waals surface area (Å²) in [5, 5.41) is 3.41. The number of piperazine rings is 1. The van der Waals surface area contributed by atoms with Crippen molar-refractivity contribution in [1.82, 2.24) is 10.2 Å². The Bertz CT molecular complexity index is 385. The lowest BCUT2D eigenvalue weighted by molar-refractivity contribution is 0.165. The fourth-order valence-corrected chi connectivity index (χ4v) is 2.47. The van der Waals surface area contributed by atoms with Crippen LogP contribution in [0.2, 0.25) is 0 Å². The third kappa shape index (κ3) is 3.23. The first kappa shape index (κ1) is 12.5. The lowest BCUT2D eigenvalue weighted by Gasteiger charge is -2.36. The molecule has 94 valence electrons. The number of nitrogens with one attached hydrogen (secondary N) is 1. The summed E-state index contributed by atoms with van der Waals surface area (Å²) in [6.45, 7) is 6.40. The summed E-state index contributed by atoms with van der Waals surface area (Å²) in [6.07, 6.45) is 0. The minimum Gasteiger partial charge on any atom is -0.309 e. The molecule has 1 saturated heterocycles. The van der Waals surface area contributed by atoms with Gasteiger partial charge in [0.15, 0.2) is 0 Å². The molecule has 1 heterocycles. The molecule has 1 aliphatic rings. The fourth-order valence-electron chi connectivity index (χ4n) is 2.47. The van der Waals surface area contributed by atoms with E-state index in [9.17, 15) is 8.78 Å². The van der Waals surface area contributed by atoms with Crippen LogP contribution in [0.25, 0.3) is 0 Å². The third-order valence-electron chi connectivity index (χ3n) is 3.03. The lowest BCUT2D eigenvalue weighted by atomic mass is 10.1. The smallest absolute Gasteiger partial charge is 0.127 e. The van der Waals surface area contributed by atoms with Crippen LogP contribution in [0, 0.1) is 11.6 Å². The second-order valence-corrected chi connectivity index (χ2v) is 4.90. The van der Waals surface area contributed by atoms with Crippen molar-refractivity contribution < 1.29 is 8.78 Å². The van der Waals surface area contributed by atoms with Gasteiger partial charge in [0, 0.05) is 37.3 Å². The lowest BCUT2D eigenvalue weighted by Crippen LogP contribution is -2.53. The van der Waals surface area contributed by atoms with Crippen molar-refractivity contribution in [2.24, 2.45) is 0 Å². The Morgan fingerprint density at radius 2 is 1.88 bits per heavy atom. The van der Waals surface area contributed by atoms with E-state index in [1.807, 2.05) is 0 Å². The summed E-state index contributed by atoms with van der Waals surface area (Å²) in [6, 6.07) is 4.40. The van der Waals surface area contributed by atoms with E-state index in [1.54, 1.807) is 0 Å². The SMILES string of the molecule is CC1CN(Cc2cc(F)ccc2F)CC(C)N1. The van der Waals surface area contributed by atoms with Gasteiger partial charge in [-0.1, -0.05) is 0 Å². The average Bonchev–Trinajstić information content (AvgIpc) is 2.22. The monoisotopic (exact) mass is 240 g/mol. The number of rotatable bonds is 2. The number of nitrogens with zero attached hydrogens (tertiary/aromatic N) is 1. The molecule has 1 N–H and O–H groups in total. The molecule has 0 amide bonds. The van der Waals surface area contributed by atoms with Crippen LogP contribution in [-0.4, -0.2) is 30.1 Å². The molecule has 0 saturated carbocycles. The minimum atomic E-state index is -0.377. The molecular formula is C13H18F2N2. The molecule has 17 heavy (non-hydrogen) atoms. The molecule has 0 spiro atoms. The maximum absolute atomic E-state index is 13.5. The average molecular weight is 240 g/mol. The van der Waals surface area contributed by atoms with Gasteiger partial charge in [0.2, 0.25) is 0 Å². The van der Waals surface area contributed by atoms with Gasteiger partial charge in [-0.05, 0) is 32.0 Å². The van der Waals surface area contributed by atoms with Gasteiger partial charge in [0.25, 0.3) is 0 Å². The second kappa shape index (κ2) is 5.10. The van der Waals surface area contributed by atoms with Crippen molar-refractivity contribution in [3.8, 4) is 0 Å². The molecule has 0 bridgehead atoms. The Kier molecular flexibility index (Phi) is 3.74. The first-order valence-corrected chi connectivity index (χ1v) is 5.97. The topological polar surface area (TPSA) is 15.3 Å². The number of hydrogen-bond donors (Lipinski definition) is 1. The van der Waals surface area contributed by atoms with Gasteiger partial charge in [0.1, 0.15) is 11.6 Å². The van der Waals surface area contributed by atoms with E-state index in [1.165, 1.54) is 12.1 Å². The van der Waals surface area contributed by atoms with Gasteiger partial charge in [0.05, 0.1) is 0 Å². The molecule has 1 aromatic rings. The van der Waals surface area contributed by atoms with Gasteiger partial charge < -0.3 is 5.32 Å². The molecule has 2 atom stereocenters. The van der Waals surface area contributed by atoms with E-state index in [-0.39, 0.29) is 11.6 Å². The summed E-state index contributed by atoms with van der Waals surface area (Å²) in [5.41, 5.74) is 0.436. The van der Waals surface area contributed by atoms with E-state index < -0.39 is 0 Å². The van der Waals surface area contributed by atoms with E-state index in [0.29, 0.717) is 24.2 Å². The molecule has 1 aromatic carbocycles. The maximum atomic E-state index is 13.5. The van der Waals surface area contributed by atoms with Crippen molar-refractivity contribution >= 4 is 0 Å². The molecule has 0 aliphatic carbocycles. The van der Waals surface area contributed by atoms with Crippen molar-refractivity contribution in [2.45, 2.75) is 32.5 Å². The molecule has 0 radical (unpaired) electrons. The van der Waals surface area contributed by atoms with E-state index in [4.69, 9.17) is 0 Å². The Hall–Kier alpha value is -1.00. The highest BCUT2D eigenvalue weighted by Gasteiger charge is 2.21. The zero-order valence-electron chi connectivity index (χ0n) is 10.2. The summed E-state index contributed by atoms with van der Waals surface area (Å²) >= 11 is 0. The quantitative estimate of drug-likeness (QED) is 0.852. The normalized spacial score (nSPS) is 26.1. The number of benzene rings is 1. The number of hydrogen-bond acceptors (Lipinski definition) is 2. The van der Waals surface area contributed by atoms with E-state index in [2.05, 4.69) is 24.1 Å². The molecule has 2 nitrogen and oxygen atoms in total. The highest BCUT2D eigenvalue weighted by atomic mass is 19.1. The zero-order valence-corrected chi connectivity index (χ0v) is 10.2. The molecule has 2 unspecified atom stereocenters. The molecule has 4 heteroatoms. The third-order valence-corrected chi connectivity index (χ3v) is 3.03. The van der Waals surface area contributed by atoms with Crippen molar-refractivity contribution in [3.63, 3.8) is 0 Å². The molecule has 0 aromatic heterocycles. The van der Waals surface area contributed by atoms with E-state index >= 15 is 0 Å². The predicted molar refractivity (Wildman–Crippen MR) is 63.7 cm³/mol. The van der Waals surface area contributed by atoms with Crippen LogP contribution in [0.15, 0.2) is 18.2 Å². The summed E-state index contributed by atoms with van der Waals surface area (Å²) in [7, 11) is 0. The van der Waals surface area contributed by atoms with Crippen LogP contribution in [0.5, 0.6) is 0 Å². The van der Waals surface area contributed by atoms with Crippen LogP contribution in [0.1, 0.15) is 19.4 Å². The molecule has 2 rings (SSSR count). The Balaban J connectivity index is 2.07. The second-order valence-electron chi connectivity index (χ2n) is 4.90. The largest absolute Gasteiger partial charge is 0.309 e. The van der Waals surface area contributed by atoms with Crippen LogP contribution in [-0.2, 0) is 6.54 Å². The van der Waals surface area contributed by atoms with Crippen molar-refractivity contribution in [1.29, 1.82) is 0 Å². The maximum Gasteiger partial charge on any atom is 0.127 e. The first-order chi connectivity index (χ1) is 8.04. The highest BCUT2D eigenvalue weighted by Crippen LogP contribution is 2.14. The standard InChI is InChI=1S/C13H18F2N2/c1-9-6-17(7-10(2)16-9)8-11-5-12(14)3-4-13(11)15/h3-5,9-10,16H,6-8H2,1-2H3. The van der Waals surface area contributed by atoms with Gasteiger partial charge in [-0.15, -0.1) is 0 Å². The molecule has 1 fully saturated rings. The van der Waals surface area contributed by atoms with Gasteiger partial charge in [-0.2, -0.15) is 0 Å².